The summed E-state index contributed by atoms with van der Waals surface area (Å²) in [5.41, 5.74) is 7.22. The van der Waals surface area contributed by atoms with Crippen molar-refractivity contribution in [3.05, 3.63) is 57.9 Å². The number of aromatic nitrogens is 1. The molecular weight excluding hydrogens is 332 g/mol. The van der Waals surface area contributed by atoms with Gasteiger partial charge in [0.2, 0.25) is 0 Å². The predicted molar refractivity (Wildman–Crippen MR) is 113 cm³/mol. The standard InChI is InChI=1S/C24H32N2O/c1-5-18-13-10-14-19(6-2)23(18)26-24(27)22-17(4)25-16(3)15-21(22)20-11-8-7-9-12-20/h10,13-15,20H,5-9,11-12H2,1-4H3,(H,26,27). The van der Waals surface area contributed by atoms with Gasteiger partial charge in [0.25, 0.3) is 5.91 Å². The summed E-state index contributed by atoms with van der Waals surface area (Å²) in [6.07, 6.45) is 7.98. The van der Waals surface area contributed by atoms with Crippen LogP contribution in [0.1, 0.15) is 90.3 Å². The number of benzene rings is 1. The first-order valence-corrected chi connectivity index (χ1v) is 10.4. The third kappa shape index (κ3) is 4.23. The van der Waals surface area contributed by atoms with Crippen LogP contribution in [0, 0.1) is 13.8 Å². The lowest BCUT2D eigenvalue weighted by atomic mass is 9.81. The molecule has 1 amide bonds. The molecular formula is C24H32N2O. The number of aryl methyl sites for hydroxylation is 4. The number of amides is 1. The Hall–Kier alpha value is -2.16. The molecule has 0 atom stereocenters. The van der Waals surface area contributed by atoms with Crippen molar-refractivity contribution in [1.82, 2.24) is 4.98 Å². The molecule has 1 aromatic heterocycles. The minimum Gasteiger partial charge on any atom is -0.321 e. The van der Waals surface area contributed by atoms with Crippen molar-refractivity contribution in [2.24, 2.45) is 0 Å². The number of carbonyl (C=O) groups is 1. The van der Waals surface area contributed by atoms with Crippen molar-refractivity contribution in [1.29, 1.82) is 0 Å². The average molecular weight is 365 g/mol. The van der Waals surface area contributed by atoms with Crippen LogP contribution in [0.3, 0.4) is 0 Å². The molecule has 2 aromatic rings. The van der Waals surface area contributed by atoms with Crippen LogP contribution in [-0.2, 0) is 12.8 Å². The lowest BCUT2D eigenvalue weighted by molar-refractivity contribution is 0.102. The first kappa shape index (κ1) is 19.6. The Morgan fingerprint density at radius 2 is 1.70 bits per heavy atom. The summed E-state index contributed by atoms with van der Waals surface area (Å²) >= 11 is 0. The molecule has 0 unspecified atom stereocenters. The van der Waals surface area contributed by atoms with Crippen LogP contribution in [0.25, 0.3) is 0 Å². The van der Waals surface area contributed by atoms with E-state index in [0.717, 1.165) is 35.5 Å². The SMILES string of the molecule is CCc1cccc(CC)c1NC(=O)c1c(C2CCCCC2)cc(C)nc1C. The van der Waals surface area contributed by atoms with E-state index in [1.807, 2.05) is 13.8 Å². The van der Waals surface area contributed by atoms with Crippen LogP contribution in [0.5, 0.6) is 0 Å². The Labute approximate surface area is 163 Å². The third-order valence-corrected chi connectivity index (χ3v) is 5.87. The number of anilines is 1. The van der Waals surface area contributed by atoms with Gasteiger partial charge in [-0.25, -0.2) is 0 Å². The predicted octanol–water partition coefficient (Wildman–Crippen LogP) is 6.12. The van der Waals surface area contributed by atoms with E-state index in [2.05, 4.69) is 48.4 Å². The van der Waals surface area contributed by atoms with Gasteiger partial charge in [0, 0.05) is 11.4 Å². The second-order valence-corrected chi connectivity index (χ2v) is 7.76. The highest BCUT2D eigenvalue weighted by Gasteiger charge is 2.25. The zero-order valence-electron chi connectivity index (χ0n) is 17.2. The summed E-state index contributed by atoms with van der Waals surface area (Å²) in [6.45, 7) is 8.27. The molecule has 1 fully saturated rings. The molecule has 3 nitrogen and oxygen atoms in total. The molecule has 0 radical (unpaired) electrons. The van der Waals surface area contributed by atoms with E-state index in [-0.39, 0.29) is 5.91 Å². The van der Waals surface area contributed by atoms with Gasteiger partial charge in [-0.15, -0.1) is 0 Å². The number of rotatable bonds is 5. The zero-order chi connectivity index (χ0) is 19.4. The second-order valence-electron chi connectivity index (χ2n) is 7.76. The van der Waals surface area contributed by atoms with E-state index in [0.29, 0.717) is 5.92 Å². The molecule has 0 aliphatic heterocycles. The maximum Gasteiger partial charge on any atom is 0.257 e. The van der Waals surface area contributed by atoms with Crippen molar-refractivity contribution in [3.8, 4) is 0 Å². The number of para-hydroxylation sites is 1. The molecule has 1 aliphatic rings. The molecule has 1 heterocycles. The number of hydrogen-bond donors (Lipinski definition) is 1. The summed E-state index contributed by atoms with van der Waals surface area (Å²) in [4.78, 5) is 18.0. The monoisotopic (exact) mass is 364 g/mol. The Balaban J connectivity index is 2.00. The lowest BCUT2D eigenvalue weighted by Gasteiger charge is -2.25. The van der Waals surface area contributed by atoms with Crippen LogP contribution in [-0.4, -0.2) is 10.9 Å². The fourth-order valence-electron chi connectivity index (χ4n) is 4.47. The molecule has 27 heavy (non-hydrogen) atoms. The maximum absolute atomic E-state index is 13.4. The van der Waals surface area contributed by atoms with Crippen molar-refractivity contribution < 1.29 is 4.79 Å². The molecule has 144 valence electrons. The van der Waals surface area contributed by atoms with E-state index in [1.165, 1.54) is 48.8 Å². The molecule has 3 rings (SSSR count). The second kappa shape index (κ2) is 8.69. The molecule has 1 aliphatic carbocycles. The smallest absolute Gasteiger partial charge is 0.257 e. The van der Waals surface area contributed by atoms with Gasteiger partial charge in [0.15, 0.2) is 0 Å². The van der Waals surface area contributed by atoms with Crippen molar-refractivity contribution in [3.63, 3.8) is 0 Å². The minimum absolute atomic E-state index is 0.00354. The van der Waals surface area contributed by atoms with Gasteiger partial charge in [0.1, 0.15) is 0 Å². The summed E-state index contributed by atoms with van der Waals surface area (Å²) in [5, 5.41) is 3.26. The van der Waals surface area contributed by atoms with Crippen LogP contribution in [0.2, 0.25) is 0 Å². The number of hydrogen-bond acceptors (Lipinski definition) is 2. The number of nitrogens with one attached hydrogen (secondary N) is 1. The summed E-state index contributed by atoms with van der Waals surface area (Å²) in [5.74, 6) is 0.475. The highest BCUT2D eigenvalue weighted by atomic mass is 16.1. The van der Waals surface area contributed by atoms with Crippen LogP contribution < -0.4 is 5.32 Å². The van der Waals surface area contributed by atoms with E-state index < -0.39 is 0 Å². The first-order valence-electron chi connectivity index (χ1n) is 10.4. The Morgan fingerprint density at radius 3 is 2.30 bits per heavy atom. The molecule has 1 saturated carbocycles. The first-order chi connectivity index (χ1) is 13.0. The summed E-state index contributed by atoms with van der Waals surface area (Å²) in [6, 6.07) is 8.44. The molecule has 3 heteroatoms. The molecule has 0 saturated heterocycles. The van der Waals surface area contributed by atoms with Crippen LogP contribution >= 0.6 is 0 Å². The Morgan fingerprint density at radius 1 is 1.07 bits per heavy atom. The van der Waals surface area contributed by atoms with Gasteiger partial charge < -0.3 is 5.32 Å². The fraction of sp³-hybridized carbons (Fsp3) is 0.500. The van der Waals surface area contributed by atoms with Crippen molar-refractivity contribution >= 4 is 11.6 Å². The molecule has 1 N–H and O–H groups in total. The normalized spacial score (nSPS) is 15.0. The minimum atomic E-state index is -0.00354. The topological polar surface area (TPSA) is 42.0 Å². The van der Waals surface area contributed by atoms with E-state index in [1.54, 1.807) is 0 Å². The summed E-state index contributed by atoms with van der Waals surface area (Å²) < 4.78 is 0. The van der Waals surface area contributed by atoms with Gasteiger partial charge in [-0.05, 0) is 68.2 Å². The lowest BCUT2D eigenvalue weighted by Crippen LogP contribution is -2.21. The van der Waals surface area contributed by atoms with Gasteiger partial charge in [-0.1, -0.05) is 51.3 Å². The Bertz CT molecular complexity index is 797. The van der Waals surface area contributed by atoms with Gasteiger partial charge >= 0.3 is 0 Å². The molecule has 1 aromatic carbocycles. The molecule has 0 spiro atoms. The van der Waals surface area contributed by atoms with Gasteiger partial charge in [0.05, 0.1) is 11.3 Å². The van der Waals surface area contributed by atoms with Gasteiger partial charge in [-0.3, -0.25) is 9.78 Å². The number of nitrogens with zero attached hydrogens (tertiary/aromatic N) is 1. The van der Waals surface area contributed by atoms with Crippen LogP contribution in [0.15, 0.2) is 24.3 Å². The summed E-state index contributed by atoms with van der Waals surface area (Å²) in [7, 11) is 0. The fourth-order valence-corrected chi connectivity index (χ4v) is 4.47. The zero-order valence-corrected chi connectivity index (χ0v) is 17.2. The maximum atomic E-state index is 13.4. The quantitative estimate of drug-likeness (QED) is 0.694. The highest BCUT2D eigenvalue weighted by Crippen LogP contribution is 2.36. The number of pyridine rings is 1. The van der Waals surface area contributed by atoms with Crippen molar-refractivity contribution in [2.45, 2.75) is 78.6 Å². The Kier molecular flexibility index (Phi) is 6.30. The molecule has 0 bridgehead atoms. The van der Waals surface area contributed by atoms with Crippen LogP contribution in [0.4, 0.5) is 5.69 Å². The van der Waals surface area contributed by atoms with E-state index in [9.17, 15) is 4.79 Å². The largest absolute Gasteiger partial charge is 0.321 e. The van der Waals surface area contributed by atoms with E-state index in [4.69, 9.17) is 0 Å². The van der Waals surface area contributed by atoms with Gasteiger partial charge in [-0.2, -0.15) is 0 Å². The number of carbonyl (C=O) groups excluding carboxylic acids is 1. The highest BCUT2D eigenvalue weighted by molar-refractivity contribution is 6.07. The third-order valence-electron chi connectivity index (χ3n) is 5.87. The van der Waals surface area contributed by atoms with E-state index >= 15 is 0 Å². The average Bonchev–Trinajstić information content (AvgIpc) is 2.68. The van der Waals surface area contributed by atoms with Crippen molar-refractivity contribution in [2.75, 3.05) is 5.32 Å².